The molecule has 0 heterocycles. The van der Waals surface area contributed by atoms with Crippen LogP contribution >= 0.6 is 15.9 Å². The Bertz CT molecular complexity index is 311. The molecule has 0 saturated carbocycles. The first-order chi connectivity index (χ1) is 6.84. The monoisotopic (exact) mass is 250 g/mol. The standard InChI is InChI=1S/C13H15Br/c14-13-8-6-12(7-9-13)10-11-4-2-1-3-5-11/h1-2,6-9,11H,3-5,10H2/t11-/m1/s1. The summed E-state index contributed by atoms with van der Waals surface area (Å²) in [6, 6.07) is 8.72. The molecule has 74 valence electrons. The first-order valence-electron chi connectivity index (χ1n) is 5.24. The predicted molar refractivity (Wildman–Crippen MR) is 64.3 cm³/mol. The molecule has 0 amide bonds. The first kappa shape index (κ1) is 9.97. The highest BCUT2D eigenvalue weighted by atomic mass is 79.9. The molecule has 1 aromatic rings. The van der Waals surface area contributed by atoms with Crippen LogP contribution in [-0.4, -0.2) is 0 Å². The fraction of sp³-hybridized carbons (Fsp3) is 0.385. The van der Waals surface area contributed by atoms with Crippen LogP contribution in [0, 0.1) is 5.92 Å². The minimum absolute atomic E-state index is 0.862. The number of rotatable bonds is 2. The highest BCUT2D eigenvalue weighted by Crippen LogP contribution is 2.23. The summed E-state index contributed by atoms with van der Waals surface area (Å²) in [5, 5.41) is 0. The fourth-order valence-electron chi connectivity index (χ4n) is 2.00. The molecule has 0 fully saturated rings. The van der Waals surface area contributed by atoms with Gasteiger partial charge in [0.15, 0.2) is 0 Å². The Morgan fingerprint density at radius 3 is 2.57 bits per heavy atom. The highest BCUT2D eigenvalue weighted by molar-refractivity contribution is 9.10. The second-order valence-electron chi connectivity index (χ2n) is 3.98. The van der Waals surface area contributed by atoms with Crippen molar-refractivity contribution in [1.82, 2.24) is 0 Å². The highest BCUT2D eigenvalue weighted by Gasteiger charge is 2.10. The third-order valence-corrected chi connectivity index (χ3v) is 3.34. The van der Waals surface area contributed by atoms with Crippen LogP contribution in [0.1, 0.15) is 24.8 Å². The SMILES string of the molecule is Brc1ccc(C[C@@H]2CC=CCC2)cc1. The lowest BCUT2D eigenvalue weighted by Crippen LogP contribution is -2.05. The van der Waals surface area contributed by atoms with Gasteiger partial charge < -0.3 is 0 Å². The van der Waals surface area contributed by atoms with Gasteiger partial charge in [-0.15, -0.1) is 0 Å². The van der Waals surface area contributed by atoms with Crippen LogP contribution in [0.25, 0.3) is 0 Å². The average molecular weight is 251 g/mol. The van der Waals surface area contributed by atoms with E-state index in [1.807, 2.05) is 0 Å². The zero-order chi connectivity index (χ0) is 9.80. The van der Waals surface area contributed by atoms with Gasteiger partial charge in [-0.05, 0) is 49.3 Å². The van der Waals surface area contributed by atoms with Crippen molar-refractivity contribution in [3.8, 4) is 0 Å². The summed E-state index contributed by atoms with van der Waals surface area (Å²) in [5.74, 6) is 0.862. The Balaban J connectivity index is 1.96. The lowest BCUT2D eigenvalue weighted by molar-refractivity contribution is 0.477. The van der Waals surface area contributed by atoms with Gasteiger partial charge in [-0.1, -0.05) is 40.2 Å². The van der Waals surface area contributed by atoms with Crippen LogP contribution in [0.5, 0.6) is 0 Å². The van der Waals surface area contributed by atoms with Crippen LogP contribution in [0.4, 0.5) is 0 Å². The molecule has 1 aliphatic rings. The van der Waals surface area contributed by atoms with E-state index in [1.165, 1.54) is 35.7 Å². The second-order valence-corrected chi connectivity index (χ2v) is 4.90. The number of hydrogen-bond donors (Lipinski definition) is 0. The summed E-state index contributed by atoms with van der Waals surface area (Å²) in [6.45, 7) is 0. The molecule has 1 atom stereocenters. The van der Waals surface area contributed by atoms with E-state index >= 15 is 0 Å². The molecule has 1 aliphatic carbocycles. The van der Waals surface area contributed by atoms with Gasteiger partial charge in [-0.3, -0.25) is 0 Å². The van der Waals surface area contributed by atoms with E-state index in [2.05, 4.69) is 52.3 Å². The summed E-state index contributed by atoms with van der Waals surface area (Å²) >= 11 is 3.46. The fourth-order valence-corrected chi connectivity index (χ4v) is 2.26. The topological polar surface area (TPSA) is 0 Å². The normalized spacial score (nSPS) is 21.1. The van der Waals surface area contributed by atoms with Gasteiger partial charge in [0.1, 0.15) is 0 Å². The maximum Gasteiger partial charge on any atom is 0.0175 e. The molecule has 0 N–H and O–H groups in total. The molecule has 0 bridgehead atoms. The van der Waals surface area contributed by atoms with Crippen molar-refractivity contribution in [1.29, 1.82) is 0 Å². The lowest BCUT2D eigenvalue weighted by atomic mass is 9.89. The van der Waals surface area contributed by atoms with E-state index in [0.717, 1.165) is 5.92 Å². The molecular formula is C13H15Br. The molecule has 0 aliphatic heterocycles. The molecule has 0 nitrogen and oxygen atoms in total. The Morgan fingerprint density at radius 2 is 1.93 bits per heavy atom. The van der Waals surface area contributed by atoms with E-state index < -0.39 is 0 Å². The quantitative estimate of drug-likeness (QED) is 0.685. The number of benzene rings is 1. The molecule has 1 aromatic carbocycles. The minimum Gasteiger partial charge on any atom is -0.0885 e. The molecule has 0 unspecified atom stereocenters. The lowest BCUT2D eigenvalue weighted by Gasteiger charge is -2.17. The van der Waals surface area contributed by atoms with Gasteiger partial charge in [0, 0.05) is 4.47 Å². The van der Waals surface area contributed by atoms with Gasteiger partial charge >= 0.3 is 0 Å². The summed E-state index contributed by atoms with van der Waals surface area (Å²) in [5.41, 5.74) is 1.47. The van der Waals surface area contributed by atoms with Crippen molar-refractivity contribution in [2.24, 2.45) is 5.92 Å². The first-order valence-corrected chi connectivity index (χ1v) is 6.03. The molecule has 0 aromatic heterocycles. The summed E-state index contributed by atoms with van der Waals surface area (Å²) in [4.78, 5) is 0. The Morgan fingerprint density at radius 1 is 1.14 bits per heavy atom. The summed E-state index contributed by atoms with van der Waals surface area (Å²) < 4.78 is 1.17. The van der Waals surface area contributed by atoms with Gasteiger partial charge in [0.25, 0.3) is 0 Å². The molecular weight excluding hydrogens is 236 g/mol. The van der Waals surface area contributed by atoms with E-state index in [9.17, 15) is 0 Å². The minimum atomic E-state index is 0.862. The molecule has 1 heteroatoms. The van der Waals surface area contributed by atoms with E-state index in [4.69, 9.17) is 0 Å². The second kappa shape index (κ2) is 4.79. The largest absolute Gasteiger partial charge is 0.0885 e. The van der Waals surface area contributed by atoms with Gasteiger partial charge in [0.2, 0.25) is 0 Å². The van der Waals surface area contributed by atoms with Crippen LogP contribution in [0.3, 0.4) is 0 Å². The number of hydrogen-bond acceptors (Lipinski definition) is 0. The molecule has 0 saturated heterocycles. The Hall–Kier alpha value is -0.560. The zero-order valence-corrected chi connectivity index (χ0v) is 9.83. The van der Waals surface area contributed by atoms with Crippen molar-refractivity contribution < 1.29 is 0 Å². The third kappa shape index (κ3) is 2.71. The van der Waals surface area contributed by atoms with Crippen LogP contribution in [0.15, 0.2) is 40.9 Å². The zero-order valence-electron chi connectivity index (χ0n) is 8.25. The van der Waals surface area contributed by atoms with Crippen molar-refractivity contribution in [2.75, 3.05) is 0 Å². The molecule has 0 radical (unpaired) electrons. The Kier molecular flexibility index (Phi) is 3.41. The van der Waals surface area contributed by atoms with Crippen LogP contribution in [-0.2, 0) is 6.42 Å². The maximum absolute atomic E-state index is 3.46. The molecule has 2 rings (SSSR count). The molecule has 0 spiro atoms. The van der Waals surface area contributed by atoms with Crippen molar-refractivity contribution in [3.63, 3.8) is 0 Å². The maximum atomic E-state index is 3.46. The van der Waals surface area contributed by atoms with Gasteiger partial charge in [0.05, 0.1) is 0 Å². The average Bonchev–Trinajstić information content (AvgIpc) is 2.23. The van der Waals surface area contributed by atoms with Gasteiger partial charge in [-0.2, -0.15) is 0 Å². The third-order valence-electron chi connectivity index (χ3n) is 2.82. The molecule has 14 heavy (non-hydrogen) atoms. The van der Waals surface area contributed by atoms with E-state index in [1.54, 1.807) is 0 Å². The van der Waals surface area contributed by atoms with Crippen molar-refractivity contribution in [2.45, 2.75) is 25.7 Å². The van der Waals surface area contributed by atoms with E-state index in [-0.39, 0.29) is 0 Å². The van der Waals surface area contributed by atoms with E-state index in [0.29, 0.717) is 0 Å². The summed E-state index contributed by atoms with van der Waals surface area (Å²) in [7, 11) is 0. The smallest absolute Gasteiger partial charge is 0.0175 e. The Labute approximate surface area is 94.2 Å². The van der Waals surface area contributed by atoms with Gasteiger partial charge in [-0.25, -0.2) is 0 Å². The predicted octanol–water partition coefficient (Wildman–Crippen LogP) is 4.35. The van der Waals surface area contributed by atoms with Crippen LogP contribution < -0.4 is 0 Å². The number of allylic oxidation sites excluding steroid dienone is 2. The summed E-state index contributed by atoms with van der Waals surface area (Å²) in [6.07, 6.45) is 9.74. The number of halogens is 1. The van der Waals surface area contributed by atoms with Crippen LogP contribution in [0.2, 0.25) is 0 Å². The van der Waals surface area contributed by atoms with Crippen molar-refractivity contribution in [3.05, 3.63) is 46.5 Å². The van der Waals surface area contributed by atoms with Crippen molar-refractivity contribution >= 4 is 15.9 Å².